The van der Waals surface area contributed by atoms with E-state index < -0.39 is 0 Å². The Bertz CT molecular complexity index is 1810. The largest absolute Gasteiger partial charge is 0.457 e. The first kappa shape index (κ1) is 20.8. The Balaban J connectivity index is 1.46. The molecule has 0 saturated carbocycles. The summed E-state index contributed by atoms with van der Waals surface area (Å²) in [4.78, 5) is 0. The third-order valence-corrected chi connectivity index (χ3v) is 8.60. The summed E-state index contributed by atoms with van der Waals surface area (Å²) in [5, 5.41) is 5.00. The summed E-state index contributed by atoms with van der Waals surface area (Å²) >= 11 is 0. The SMILES string of the molecule is CC1(C)c2ccccc2-c2ccc(C3c4c(ccc5ccccc45)Oc4ccc5ccccc5c43)cc21. The van der Waals surface area contributed by atoms with Crippen LogP contribution in [0.1, 0.15) is 47.6 Å². The zero-order valence-electron chi connectivity index (χ0n) is 21.0. The Kier molecular flexibility index (Phi) is 4.12. The molecule has 37 heavy (non-hydrogen) atoms. The fourth-order valence-electron chi connectivity index (χ4n) is 6.82. The van der Waals surface area contributed by atoms with Crippen molar-refractivity contribution in [1.82, 2.24) is 0 Å². The van der Waals surface area contributed by atoms with Crippen molar-refractivity contribution in [2.24, 2.45) is 0 Å². The molecule has 2 aliphatic rings. The lowest BCUT2D eigenvalue weighted by Crippen LogP contribution is -2.17. The molecule has 8 rings (SSSR count). The molecule has 1 heterocycles. The minimum Gasteiger partial charge on any atom is -0.457 e. The van der Waals surface area contributed by atoms with Crippen LogP contribution < -0.4 is 4.74 Å². The highest BCUT2D eigenvalue weighted by Gasteiger charge is 2.37. The van der Waals surface area contributed by atoms with Gasteiger partial charge in [-0.3, -0.25) is 0 Å². The van der Waals surface area contributed by atoms with E-state index >= 15 is 0 Å². The van der Waals surface area contributed by atoms with Crippen molar-refractivity contribution in [3.05, 3.63) is 143 Å². The average molecular weight is 475 g/mol. The van der Waals surface area contributed by atoms with Gasteiger partial charge in [0.2, 0.25) is 0 Å². The lowest BCUT2D eigenvalue weighted by Gasteiger charge is -2.32. The predicted octanol–water partition coefficient (Wildman–Crippen LogP) is 9.59. The second-order valence-corrected chi connectivity index (χ2v) is 10.9. The Morgan fingerprint density at radius 1 is 0.541 bits per heavy atom. The molecule has 6 aromatic rings. The molecule has 0 fully saturated rings. The number of benzene rings is 6. The maximum atomic E-state index is 6.63. The third kappa shape index (κ3) is 2.80. The van der Waals surface area contributed by atoms with Gasteiger partial charge in [0.25, 0.3) is 0 Å². The number of hydrogen-bond acceptors (Lipinski definition) is 1. The van der Waals surface area contributed by atoms with Crippen molar-refractivity contribution in [2.45, 2.75) is 25.2 Å². The van der Waals surface area contributed by atoms with Crippen LogP contribution in [0.5, 0.6) is 11.5 Å². The van der Waals surface area contributed by atoms with Gasteiger partial charge in [0.05, 0.1) is 0 Å². The monoisotopic (exact) mass is 474 g/mol. The summed E-state index contributed by atoms with van der Waals surface area (Å²) in [7, 11) is 0. The lowest BCUT2D eigenvalue weighted by molar-refractivity contribution is 0.456. The van der Waals surface area contributed by atoms with Crippen molar-refractivity contribution in [2.75, 3.05) is 0 Å². The lowest BCUT2D eigenvalue weighted by atomic mass is 9.76. The zero-order valence-corrected chi connectivity index (χ0v) is 21.0. The van der Waals surface area contributed by atoms with Crippen molar-refractivity contribution in [3.63, 3.8) is 0 Å². The highest BCUT2D eigenvalue weighted by Crippen LogP contribution is 2.54. The van der Waals surface area contributed by atoms with Gasteiger partial charge in [-0.1, -0.05) is 117 Å². The summed E-state index contributed by atoms with van der Waals surface area (Å²) < 4.78 is 6.63. The van der Waals surface area contributed by atoms with E-state index in [1.165, 1.54) is 60.5 Å². The molecule has 6 aromatic carbocycles. The van der Waals surface area contributed by atoms with Gasteiger partial charge in [0, 0.05) is 22.5 Å². The maximum absolute atomic E-state index is 6.63. The van der Waals surface area contributed by atoms with Crippen molar-refractivity contribution in [1.29, 1.82) is 0 Å². The molecule has 0 atom stereocenters. The number of ether oxygens (including phenoxy) is 1. The average Bonchev–Trinajstić information content (AvgIpc) is 3.17. The van der Waals surface area contributed by atoms with E-state index in [9.17, 15) is 0 Å². The highest BCUT2D eigenvalue weighted by molar-refractivity contribution is 5.95. The molecule has 1 aliphatic heterocycles. The van der Waals surface area contributed by atoms with E-state index in [1.54, 1.807) is 0 Å². The first-order valence-electron chi connectivity index (χ1n) is 13.1. The van der Waals surface area contributed by atoms with E-state index in [0.717, 1.165) is 11.5 Å². The molecule has 0 aromatic heterocycles. The van der Waals surface area contributed by atoms with Crippen LogP contribution in [0.25, 0.3) is 32.7 Å². The smallest absolute Gasteiger partial charge is 0.132 e. The summed E-state index contributed by atoms with van der Waals surface area (Å²) in [6, 6.07) is 42.1. The second kappa shape index (κ2) is 7.33. The van der Waals surface area contributed by atoms with Gasteiger partial charge in [-0.05, 0) is 61.5 Å². The van der Waals surface area contributed by atoms with Crippen molar-refractivity contribution < 1.29 is 4.74 Å². The van der Waals surface area contributed by atoms with Crippen molar-refractivity contribution in [3.8, 4) is 22.6 Å². The molecular weight excluding hydrogens is 448 g/mol. The molecule has 0 saturated heterocycles. The fourth-order valence-corrected chi connectivity index (χ4v) is 6.82. The van der Waals surface area contributed by atoms with E-state index in [2.05, 4.69) is 129 Å². The van der Waals surface area contributed by atoms with E-state index in [4.69, 9.17) is 4.74 Å². The minimum atomic E-state index is -0.0454. The van der Waals surface area contributed by atoms with Gasteiger partial charge in [0.15, 0.2) is 0 Å². The highest BCUT2D eigenvalue weighted by atomic mass is 16.5. The Labute approximate surface area is 217 Å². The number of hydrogen-bond donors (Lipinski definition) is 0. The first-order chi connectivity index (χ1) is 18.1. The van der Waals surface area contributed by atoms with E-state index in [1.807, 2.05) is 0 Å². The van der Waals surface area contributed by atoms with Gasteiger partial charge in [-0.2, -0.15) is 0 Å². The van der Waals surface area contributed by atoms with Crippen LogP contribution in [0.15, 0.2) is 115 Å². The van der Waals surface area contributed by atoms with E-state index in [-0.39, 0.29) is 11.3 Å². The molecule has 1 aliphatic carbocycles. The zero-order chi connectivity index (χ0) is 24.7. The second-order valence-electron chi connectivity index (χ2n) is 10.9. The van der Waals surface area contributed by atoms with E-state index in [0.29, 0.717) is 0 Å². The summed E-state index contributed by atoms with van der Waals surface area (Å²) in [5.41, 5.74) is 9.32. The van der Waals surface area contributed by atoms with Crippen LogP contribution in [0.4, 0.5) is 0 Å². The van der Waals surface area contributed by atoms with Gasteiger partial charge in [-0.25, -0.2) is 0 Å². The Morgan fingerprint density at radius 2 is 1.11 bits per heavy atom. The third-order valence-electron chi connectivity index (χ3n) is 8.60. The molecular formula is C36H26O. The van der Waals surface area contributed by atoms with Crippen LogP contribution >= 0.6 is 0 Å². The fraction of sp³-hybridized carbons (Fsp3) is 0.111. The summed E-state index contributed by atoms with van der Waals surface area (Å²) in [6.45, 7) is 4.72. The quantitative estimate of drug-likeness (QED) is 0.230. The van der Waals surface area contributed by atoms with Crippen molar-refractivity contribution >= 4 is 21.5 Å². The molecule has 0 bridgehead atoms. The van der Waals surface area contributed by atoms with Crippen LogP contribution in [0.3, 0.4) is 0 Å². The van der Waals surface area contributed by atoms with Gasteiger partial charge in [0.1, 0.15) is 11.5 Å². The molecule has 0 radical (unpaired) electrons. The van der Waals surface area contributed by atoms with Gasteiger partial charge >= 0.3 is 0 Å². The molecule has 0 amide bonds. The maximum Gasteiger partial charge on any atom is 0.132 e. The number of rotatable bonds is 1. The molecule has 1 nitrogen and oxygen atoms in total. The molecule has 1 heteroatoms. The molecule has 176 valence electrons. The molecule has 0 N–H and O–H groups in total. The van der Waals surface area contributed by atoms with Crippen LogP contribution in [-0.2, 0) is 5.41 Å². The molecule has 0 spiro atoms. The standard InChI is InChI=1S/C36H26O/c1-36(2)29-14-8-7-13-27(29)28-18-15-24(21-30(28)36)33-34-25-11-5-3-9-22(25)16-19-31(34)37-32-20-17-23-10-4-6-12-26(23)35(32)33/h3-21,33H,1-2H3. The number of fused-ring (bicyclic) bond motifs is 9. The minimum absolute atomic E-state index is 0.0454. The first-order valence-corrected chi connectivity index (χ1v) is 13.1. The topological polar surface area (TPSA) is 9.23 Å². The summed E-state index contributed by atoms with van der Waals surface area (Å²) in [5.74, 6) is 1.98. The van der Waals surface area contributed by atoms with Crippen LogP contribution in [-0.4, -0.2) is 0 Å². The molecule has 0 unspecified atom stereocenters. The predicted molar refractivity (Wildman–Crippen MR) is 153 cm³/mol. The Hall–Kier alpha value is -4.36. The van der Waals surface area contributed by atoms with Crippen LogP contribution in [0, 0.1) is 0 Å². The Morgan fingerprint density at radius 3 is 1.78 bits per heavy atom. The van der Waals surface area contributed by atoms with Crippen LogP contribution in [0.2, 0.25) is 0 Å². The normalized spacial score (nSPS) is 15.1. The van der Waals surface area contributed by atoms with Gasteiger partial charge in [-0.15, -0.1) is 0 Å². The summed E-state index contributed by atoms with van der Waals surface area (Å²) in [6.07, 6.45) is 0. The van der Waals surface area contributed by atoms with Gasteiger partial charge < -0.3 is 4.74 Å².